The van der Waals surface area contributed by atoms with Crippen LogP contribution in [0.3, 0.4) is 0 Å². The van der Waals surface area contributed by atoms with Gasteiger partial charge in [0.1, 0.15) is 5.84 Å². The molecule has 1 rings (SSSR count). The summed E-state index contributed by atoms with van der Waals surface area (Å²) in [5, 5.41) is 16.4. The zero-order valence-electron chi connectivity index (χ0n) is 9.56. The van der Waals surface area contributed by atoms with E-state index < -0.39 is 0 Å². The maximum atomic E-state index is 8.99. The number of rotatable bonds is 6. The van der Waals surface area contributed by atoms with E-state index >= 15 is 0 Å². The summed E-state index contributed by atoms with van der Waals surface area (Å²) in [6.45, 7) is 3.17. The highest BCUT2D eigenvalue weighted by atomic mass is 16.3. The molecule has 0 saturated heterocycles. The molecule has 0 aliphatic heterocycles. The van der Waals surface area contributed by atoms with Gasteiger partial charge in [-0.1, -0.05) is 30.3 Å². The van der Waals surface area contributed by atoms with Gasteiger partial charge in [-0.25, -0.2) is 0 Å². The van der Waals surface area contributed by atoms with Gasteiger partial charge >= 0.3 is 0 Å². The van der Waals surface area contributed by atoms with Crippen molar-refractivity contribution in [3.05, 3.63) is 35.9 Å². The predicted molar refractivity (Wildman–Crippen MR) is 65.3 cm³/mol. The second-order valence-corrected chi connectivity index (χ2v) is 3.81. The van der Waals surface area contributed by atoms with E-state index in [0.717, 1.165) is 5.56 Å². The van der Waals surface area contributed by atoms with Gasteiger partial charge in [0, 0.05) is 13.1 Å². The third-order valence-electron chi connectivity index (χ3n) is 2.61. The van der Waals surface area contributed by atoms with E-state index in [4.69, 9.17) is 16.2 Å². The van der Waals surface area contributed by atoms with E-state index in [-0.39, 0.29) is 18.5 Å². The van der Waals surface area contributed by atoms with E-state index in [9.17, 15) is 0 Å². The fourth-order valence-corrected chi connectivity index (χ4v) is 1.55. The van der Waals surface area contributed by atoms with Crippen molar-refractivity contribution < 1.29 is 5.11 Å². The zero-order valence-corrected chi connectivity index (χ0v) is 9.56. The molecule has 16 heavy (non-hydrogen) atoms. The largest absolute Gasteiger partial charge is 0.395 e. The number of nitrogens with one attached hydrogen (secondary N) is 1. The maximum absolute atomic E-state index is 8.99. The normalized spacial score (nSPS) is 12.7. The predicted octanol–water partition coefficient (Wildman–Crippen LogP) is 0.805. The molecule has 4 nitrogen and oxygen atoms in total. The van der Waals surface area contributed by atoms with Gasteiger partial charge in [-0.3, -0.25) is 10.3 Å². The quantitative estimate of drug-likeness (QED) is 0.491. The fraction of sp³-hybridized carbons (Fsp3) is 0.417. The Balaban J connectivity index is 2.68. The Morgan fingerprint density at radius 2 is 2.06 bits per heavy atom. The van der Waals surface area contributed by atoms with Gasteiger partial charge in [0.25, 0.3) is 0 Å². The van der Waals surface area contributed by atoms with Gasteiger partial charge in [0.05, 0.1) is 12.6 Å². The van der Waals surface area contributed by atoms with Gasteiger partial charge in [-0.15, -0.1) is 0 Å². The fourth-order valence-electron chi connectivity index (χ4n) is 1.55. The molecule has 0 spiro atoms. The van der Waals surface area contributed by atoms with Crippen LogP contribution >= 0.6 is 0 Å². The van der Waals surface area contributed by atoms with E-state index in [1.807, 2.05) is 42.2 Å². The molecule has 0 heterocycles. The minimum absolute atomic E-state index is 0.0739. The molecular formula is C12H19N3O. The maximum Gasteiger partial charge on any atom is 0.108 e. The minimum Gasteiger partial charge on any atom is -0.395 e. The molecule has 0 amide bonds. The van der Waals surface area contributed by atoms with Crippen LogP contribution in [-0.2, 0) is 6.54 Å². The van der Waals surface area contributed by atoms with Crippen molar-refractivity contribution >= 4 is 5.84 Å². The smallest absolute Gasteiger partial charge is 0.108 e. The standard InChI is InChI=1S/C12H19N3O/c1-10(12(13)14)15(7-8-16)9-11-5-3-2-4-6-11/h2-6,10,16H,7-9H2,1H3,(H3,13,14). The van der Waals surface area contributed by atoms with Crippen LogP contribution in [0.2, 0.25) is 0 Å². The molecule has 0 bridgehead atoms. The number of benzene rings is 1. The van der Waals surface area contributed by atoms with Crippen molar-refractivity contribution in [2.75, 3.05) is 13.2 Å². The molecule has 0 aliphatic rings. The Labute approximate surface area is 96.2 Å². The zero-order chi connectivity index (χ0) is 12.0. The Morgan fingerprint density at radius 3 is 2.56 bits per heavy atom. The van der Waals surface area contributed by atoms with Crippen LogP contribution in [0, 0.1) is 5.41 Å². The van der Waals surface area contributed by atoms with Gasteiger partial charge in [-0.2, -0.15) is 0 Å². The highest BCUT2D eigenvalue weighted by Crippen LogP contribution is 2.07. The van der Waals surface area contributed by atoms with Gasteiger partial charge in [0.2, 0.25) is 0 Å². The van der Waals surface area contributed by atoms with Crippen molar-refractivity contribution in [2.24, 2.45) is 5.73 Å². The third kappa shape index (κ3) is 3.64. The molecule has 0 fully saturated rings. The second-order valence-electron chi connectivity index (χ2n) is 3.81. The Morgan fingerprint density at radius 1 is 1.44 bits per heavy atom. The highest BCUT2D eigenvalue weighted by molar-refractivity contribution is 5.82. The molecule has 0 radical (unpaired) electrons. The lowest BCUT2D eigenvalue weighted by Gasteiger charge is -2.27. The van der Waals surface area contributed by atoms with E-state index in [1.54, 1.807) is 0 Å². The number of nitrogens with two attached hydrogens (primary N) is 1. The number of amidine groups is 1. The summed E-state index contributed by atoms with van der Waals surface area (Å²) in [6.07, 6.45) is 0. The molecule has 0 aromatic heterocycles. The molecule has 4 N–H and O–H groups in total. The number of hydrogen-bond acceptors (Lipinski definition) is 3. The third-order valence-corrected chi connectivity index (χ3v) is 2.61. The van der Waals surface area contributed by atoms with E-state index in [1.165, 1.54) is 0 Å². The number of nitrogens with zero attached hydrogens (tertiary/aromatic N) is 1. The van der Waals surface area contributed by atoms with Gasteiger partial charge < -0.3 is 10.8 Å². The molecular weight excluding hydrogens is 202 g/mol. The SMILES string of the molecule is CC(C(=N)N)N(CCO)Cc1ccccc1. The van der Waals surface area contributed by atoms with Crippen LogP contribution in [-0.4, -0.2) is 35.0 Å². The lowest BCUT2D eigenvalue weighted by Crippen LogP contribution is -2.43. The number of hydrogen-bond donors (Lipinski definition) is 3. The Kier molecular flexibility index (Phi) is 4.95. The Hall–Kier alpha value is -1.39. The average molecular weight is 221 g/mol. The van der Waals surface area contributed by atoms with Crippen LogP contribution in [0.5, 0.6) is 0 Å². The summed E-state index contributed by atoms with van der Waals surface area (Å²) >= 11 is 0. The summed E-state index contributed by atoms with van der Waals surface area (Å²) in [4.78, 5) is 1.98. The minimum atomic E-state index is -0.146. The van der Waals surface area contributed by atoms with Crippen molar-refractivity contribution in [1.29, 1.82) is 5.41 Å². The molecule has 1 atom stereocenters. The Bertz CT molecular complexity index is 326. The first-order valence-corrected chi connectivity index (χ1v) is 5.38. The molecule has 1 unspecified atom stereocenters. The van der Waals surface area contributed by atoms with E-state index in [0.29, 0.717) is 13.1 Å². The molecule has 4 heteroatoms. The average Bonchev–Trinajstić information content (AvgIpc) is 2.29. The van der Waals surface area contributed by atoms with Crippen LogP contribution in [0.25, 0.3) is 0 Å². The molecule has 0 aliphatic carbocycles. The molecule has 1 aromatic rings. The summed E-state index contributed by atoms with van der Waals surface area (Å²) < 4.78 is 0. The van der Waals surface area contributed by atoms with Crippen molar-refractivity contribution in [2.45, 2.75) is 19.5 Å². The van der Waals surface area contributed by atoms with Crippen LogP contribution < -0.4 is 5.73 Å². The van der Waals surface area contributed by atoms with E-state index in [2.05, 4.69) is 0 Å². The van der Waals surface area contributed by atoms with Crippen molar-refractivity contribution in [3.8, 4) is 0 Å². The second kappa shape index (κ2) is 6.25. The van der Waals surface area contributed by atoms with Crippen LogP contribution in [0.4, 0.5) is 0 Å². The number of aliphatic hydroxyl groups excluding tert-OH is 1. The first-order chi connectivity index (χ1) is 7.65. The van der Waals surface area contributed by atoms with Crippen molar-refractivity contribution in [3.63, 3.8) is 0 Å². The first kappa shape index (κ1) is 12.7. The highest BCUT2D eigenvalue weighted by Gasteiger charge is 2.15. The first-order valence-electron chi connectivity index (χ1n) is 5.38. The molecule has 0 saturated carbocycles. The lowest BCUT2D eigenvalue weighted by atomic mass is 10.1. The van der Waals surface area contributed by atoms with Crippen LogP contribution in [0.15, 0.2) is 30.3 Å². The lowest BCUT2D eigenvalue weighted by molar-refractivity contribution is 0.177. The summed E-state index contributed by atoms with van der Waals surface area (Å²) in [7, 11) is 0. The molecule has 1 aromatic carbocycles. The summed E-state index contributed by atoms with van der Waals surface area (Å²) in [5.41, 5.74) is 6.64. The molecule has 88 valence electrons. The van der Waals surface area contributed by atoms with Crippen molar-refractivity contribution in [1.82, 2.24) is 4.90 Å². The summed E-state index contributed by atoms with van der Waals surface area (Å²) in [6, 6.07) is 9.82. The summed E-state index contributed by atoms with van der Waals surface area (Å²) in [5.74, 6) is 0.129. The monoisotopic (exact) mass is 221 g/mol. The topological polar surface area (TPSA) is 73.3 Å². The van der Waals surface area contributed by atoms with Gasteiger partial charge in [0.15, 0.2) is 0 Å². The van der Waals surface area contributed by atoms with Crippen LogP contribution in [0.1, 0.15) is 12.5 Å². The number of aliphatic hydroxyl groups is 1. The van der Waals surface area contributed by atoms with Gasteiger partial charge in [-0.05, 0) is 12.5 Å².